The van der Waals surface area contributed by atoms with Gasteiger partial charge in [0.05, 0.1) is 12.6 Å². The van der Waals surface area contributed by atoms with Crippen LogP contribution in [0, 0.1) is 6.92 Å². The summed E-state index contributed by atoms with van der Waals surface area (Å²) in [5.41, 5.74) is 4.33. The fourth-order valence-corrected chi connectivity index (χ4v) is 4.64. The van der Waals surface area contributed by atoms with E-state index in [0.29, 0.717) is 19.5 Å². The minimum absolute atomic E-state index is 0.0462. The molecule has 2 heterocycles. The summed E-state index contributed by atoms with van der Waals surface area (Å²) in [7, 11) is 0. The summed E-state index contributed by atoms with van der Waals surface area (Å²) >= 11 is 0. The zero-order chi connectivity index (χ0) is 22.3. The lowest BCUT2D eigenvalue weighted by atomic mass is 9.88. The van der Waals surface area contributed by atoms with E-state index in [-0.39, 0.29) is 24.5 Å². The summed E-state index contributed by atoms with van der Waals surface area (Å²) in [4.78, 5) is 21.9. The zero-order valence-electron chi connectivity index (χ0n) is 18.6. The van der Waals surface area contributed by atoms with E-state index in [1.54, 1.807) is 6.20 Å². The molecule has 4 rings (SSSR count). The first kappa shape index (κ1) is 22.2. The molecule has 5 heteroatoms. The Labute approximate surface area is 190 Å². The normalized spacial score (nSPS) is 15.7. The van der Waals surface area contributed by atoms with Gasteiger partial charge in [-0.3, -0.25) is 14.7 Å². The highest BCUT2D eigenvalue weighted by Crippen LogP contribution is 2.29. The Morgan fingerprint density at radius 2 is 1.50 bits per heavy atom. The summed E-state index contributed by atoms with van der Waals surface area (Å²) < 4.78 is 0. The van der Waals surface area contributed by atoms with Crippen molar-refractivity contribution >= 4 is 5.91 Å². The number of hydrogen-bond acceptors (Lipinski definition) is 4. The first-order chi connectivity index (χ1) is 15.7. The van der Waals surface area contributed by atoms with Gasteiger partial charge in [-0.25, -0.2) is 0 Å². The van der Waals surface area contributed by atoms with Gasteiger partial charge in [-0.05, 0) is 29.7 Å². The number of piperazine rings is 1. The smallest absolute Gasteiger partial charge is 0.223 e. The molecule has 0 spiro atoms. The molecule has 1 aliphatic rings. The van der Waals surface area contributed by atoms with E-state index < -0.39 is 0 Å². The Balaban J connectivity index is 1.43. The van der Waals surface area contributed by atoms with Crippen LogP contribution in [0.1, 0.15) is 40.8 Å². The second-order valence-electron chi connectivity index (χ2n) is 8.37. The maximum atomic E-state index is 13.3. The number of benzene rings is 2. The first-order valence-corrected chi connectivity index (χ1v) is 11.3. The maximum absolute atomic E-state index is 13.3. The third-order valence-electron chi connectivity index (χ3n) is 6.47. The van der Waals surface area contributed by atoms with Gasteiger partial charge >= 0.3 is 0 Å². The van der Waals surface area contributed by atoms with Crippen LogP contribution >= 0.6 is 0 Å². The van der Waals surface area contributed by atoms with Crippen LogP contribution in [-0.2, 0) is 4.79 Å². The van der Waals surface area contributed by atoms with Crippen LogP contribution in [0.2, 0.25) is 0 Å². The molecular weight excluding hydrogens is 398 g/mol. The standard InChI is InChI=1S/C27H31N3O2/c1-21-24(13-8-14-28-21)26(20-31)29-15-17-30(18-16-29)27(32)19-25(22-9-4-2-5-10-22)23-11-6-3-7-12-23/h2-14,25-26,31H,15-20H2,1H3. The molecule has 1 fully saturated rings. The van der Waals surface area contributed by atoms with Gasteiger partial charge in [0, 0.05) is 50.4 Å². The zero-order valence-corrected chi connectivity index (χ0v) is 18.6. The molecule has 3 aromatic rings. The summed E-state index contributed by atoms with van der Waals surface area (Å²) in [6.45, 7) is 4.85. The predicted octanol–water partition coefficient (Wildman–Crippen LogP) is 3.79. The van der Waals surface area contributed by atoms with Crippen molar-refractivity contribution in [2.75, 3.05) is 32.8 Å². The van der Waals surface area contributed by atoms with Crippen molar-refractivity contribution in [3.63, 3.8) is 0 Å². The molecule has 0 radical (unpaired) electrons. The van der Waals surface area contributed by atoms with Crippen molar-refractivity contribution in [3.05, 3.63) is 101 Å². The molecule has 0 bridgehead atoms. The molecule has 1 unspecified atom stereocenters. The minimum atomic E-state index is -0.0812. The van der Waals surface area contributed by atoms with Gasteiger partial charge in [-0.15, -0.1) is 0 Å². The van der Waals surface area contributed by atoms with E-state index >= 15 is 0 Å². The Hall–Kier alpha value is -3.02. The van der Waals surface area contributed by atoms with Gasteiger partial charge in [0.15, 0.2) is 0 Å². The Kier molecular flexibility index (Phi) is 7.30. The summed E-state index contributed by atoms with van der Waals surface area (Å²) in [5, 5.41) is 10.1. The molecule has 1 aromatic heterocycles. The first-order valence-electron chi connectivity index (χ1n) is 11.3. The summed E-state index contributed by atoms with van der Waals surface area (Å²) in [6, 6.07) is 24.4. The largest absolute Gasteiger partial charge is 0.394 e. The molecule has 5 nitrogen and oxygen atoms in total. The lowest BCUT2D eigenvalue weighted by Gasteiger charge is -2.39. The number of aromatic nitrogens is 1. The van der Waals surface area contributed by atoms with Gasteiger partial charge in [0.25, 0.3) is 0 Å². The van der Waals surface area contributed by atoms with E-state index in [2.05, 4.69) is 34.1 Å². The molecular formula is C27H31N3O2. The molecule has 1 aliphatic heterocycles. The fourth-order valence-electron chi connectivity index (χ4n) is 4.64. The van der Waals surface area contributed by atoms with Crippen molar-refractivity contribution in [1.29, 1.82) is 0 Å². The van der Waals surface area contributed by atoms with E-state index in [0.717, 1.165) is 35.5 Å². The van der Waals surface area contributed by atoms with Crippen molar-refractivity contribution in [3.8, 4) is 0 Å². The summed E-state index contributed by atoms with van der Waals surface area (Å²) in [5.74, 6) is 0.228. The number of aliphatic hydroxyl groups is 1. The van der Waals surface area contributed by atoms with Crippen LogP contribution in [0.15, 0.2) is 79.0 Å². The Morgan fingerprint density at radius 1 is 0.906 bits per heavy atom. The third-order valence-corrected chi connectivity index (χ3v) is 6.47. The van der Waals surface area contributed by atoms with E-state index in [1.807, 2.05) is 60.4 Å². The monoisotopic (exact) mass is 429 g/mol. The molecule has 1 amide bonds. The fraction of sp³-hybridized carbons (Fsp3) is 0.333. The third kappa shape index (κ3) is 5.06. The number of nitrogens with zero attached hydrogens (tertiary/aromatic N) is 3. The number of rotatable bonds is 7. The number of aliphatic hydroxyl groups excluding tert-OH is 1. The van der Waals surface area contributed by atoms with Crippen molar-refractivity contribution in [2.45, 2.75) is 25.3 Å². The van der Waals surface area contributed by atoms with E-state index in [9.17, 15) is 9.90 Å². The molecule has 166 valence electrons. The molecule has 1 N–H and O–H groups in total. The van der Waals surface area contributed by atoms with Crippen molar-refractivity contribution < 1.29 is 9.90 Å². The van der Waals surface area contributed by atoms with E-state index in [4.69, 9.17) is 0 Å². The summed E-state index contributed by atoms with van der Waals surface area (Å²) in [6.07, 6.45) is 2.24. The minimum Gasteiger partial charge on any atom is -0.394 e. The SMILES string of the molecule is Cc1ncccc1C(CO)N1CCN(C(=O)CC(c2ccccc2)c2ccccc2)CC1. The second kappa shape index (κ2) is 10.5. The van der Waals surface area contributed by atoms with Gasteiger partial charge in [-0.2, -0.15) is 0 Å². The van der Waals surface area contributed by atoms with Crippen LogP contribution in [0.4, 0.5) is 0 Å². The highest BCUT2D eigenvalue weighted by Gasteiger charge is 2.29. The highest BCUT2D eigenvalue weighted by molar-refractivity contribution is 5.78. The quantitative estimate of drug-likeness (QED) is 0.621. The predicted molar refractivity (Wildman–Crippen MR) is 126 cm³/mol. The lowest BCUT2D eigenvalue weighted by molar-refractivity contribution is -0.133. The Bertz CT molecular complexity index is 962. The van der Waals surface area contributed by atoms with Crippen LogP contribution in [0.25, 0.3) is 0 Å². The molecule has 1 saturated heterocycles. The average Bonchev–Trinajstić information content (AvgIpc) is 2.85. The average molecular weight is 430 g/mol. The number of carbonyl (C=O) groups is 1. The van der Waals surface area contributed by atoms with Crippen LogP contribution in [-0.4, -0.2) is 58.6 Å². The number of hydrogen-bond donors (Lipinski definition) is 1. The number of amides is 1. The van der Waals surface area contributed by atoms with Gasteiger partial charge in [0.2, 0.25) is 5.91 Å². The number of carbonyl (C=O) groups excluding carboxylic acids is 1. The van der Waals surface area contributed by atoms with Gasteiger partial charge < -0.3 is 10.0 Å². The number of aryl methyl sites for hydroxylation is 1. The van der Waals surface area contributed by atoms with Crippen molar-refractivity contribution in [2.24, 2.45) is 0 Å². The van der Waals surface area contributed by atoms with Crippen LogP contribution < -0.4 is 0 Å². The van der Waals surface area contributed by atoms with Crippen LogP contribution in [0.5, 0.6) is 0 Å². The van der Waals surface area contributed by atoms with Crippen molar-refractivity contribution in [1.82, 2.24) is 14.8 Å². The molecule has 1 atom stereocenters. The second-order valence-corrected chi connectivity index (χ2v) is 8.37. The molecule has 32 heavy (non-hydrogen) atoms. The molecule has 0 aliphatic carbocycles. The Morgan fingerprint density at radius 3 is 2.03 bits per heavy atom. The number of pyridine rings is 1. The van der Waals surface area contributed by atoms with Gasteiger partial charge in [-0.1, -0.05) is 66.7 Å². The molecule has 2 aromatic carbocycles. The highest BCUT2D eigenvalue weighted by atomic mass is 16.3. The van der Waals surface area contributed by atoms with Gasteiger partial charge in [0.1, 0.15) is 0 Å². The van der Waals surface area contributed by atoms with Crippen LogP contribution in [0.3, 0.4) is 0 Å². The maximum Gasteiger partial charge on any atom is 0.223 e. The molecule has 0 saturated carbocycles. The lowest BCUT2D eigenvalue weighted by Crippen LogP contribution is -2.50. The van der Waals surface area contributed by atoms with E-state index in [1.165, 1.54) is 0 Å². The topological polar surface area (TPSA) is 56.7 Å².